The number of hydrogen-bond acceptors (Lipinski definition) is 2. The van der Waals surface area contributed by atoms with E-state index in [1.54, 1.807) is 12.1 Å². The van der Waals surface area contributed by atoms with Gasteiger partial charge in [-0.05, 0) is 12.1 Å². The number of rotatable bonds is 2. The van der Waals surface area contributed by atoms with Crippen molar-refractivity contribution in [2.24, 2.45) is 5.73 Å². The molecule has 3 nitrogen and oxygen atoms in total. The van der Waals surface area contributed by atoms with Gasteiger partial charge in [-0.2, -0.15) is 0 Å². The van der Waals surface area contributed by atoms with Gasteiger partial charge in [0.2, 0.25) is 0 Å². The monoisotopic (exact) mass is 237 g/mol. The van der Waals surface area contributed by atoms with Crippen LogP contribution in [0.4, 0.5) is 0 Å². The molecule has 18 heavy (non-hydrogen) atoms. The van der Waals surface area contributed by atoms with Gasteiger partial charge in [0.15, 0.2) is 0 Å². The van der Waals surface area contributed by atoms with E-state index in [9.17, 15) is 4.79 Å². The second-order valence-corrected chi connectivity index (χ2v) is 4.06. The molecule has 0 spiro atoms. The maximum atomic E-state index is 11.3. The third-order valence-corrected chi connectivity index (χ3v) is 2.87. The van der Waals surface area contributed by atoms with Crippen molar-refractivity contribution in [1.82, 2.24) is 0 Å². The quantitative estimate of drug-likeness (QED) is 0.744. The molecule has 3 rings (SSSR count). The Labute approximate surface area is 104 Å². The molecular weight excluding hydrogens is 226 g/mol. The summed E-state index contributed by atoms with van der Waals surface area (Å²) in [6.07, 6.45) is 0. The van der Waals surface area contributed by atoms with Gasteiger partial charge in [0.05, 0.1) is 5.56 Å². The largest absolute Gasteiger partial charge is 0.455 e. The van der Waals surface area contributed by atoms with Gasteiger partial charge in [0, 0.05) is 10.9 Å². The number of benzene rings is 2. The Bertz CT molecular complexity index is 714. The maximum Gasteiger partial charge on any atom is 0.252 e. The summed E-state index contributed by atoms with van der Waals surface area (Å²) in [6, 6.07) is 17.0. The average Bonchev–Trinajstić information content (AvgIpc) is 2.83. The highest BCUT2D eigenvalue weighted by Gasteiger charge is 2.12. The minimum Gasteiger partial charge on any atom is -0.455 e. The molecule has 2 aromatic carbocycles. The SMILES string of the molecule is NC(=O)c1cccc2cc(-c3ccccc3)oc12. The lowest BCUT2D eigenvalue weighted by Crippen LogP contribution is -2.10. The van der Waals surface area contributed by atoms with Gasteiger partial charge in [0.25, 0.3) is 5.91 Å². The Morgan fingerprint density at radius 2 is 1.78 bits per heavy atom. The number of amides is 1. The van der Waals surface area contributed by atoms with Crippen LogP contribution in [0.1, 0.15) is 10.4 Å². The van der Waals surface area contributed by atoms with Crippen LogP contribution >= 0.6 is 0 Å². The van der Waals surface area contributed by atoms with E-state index in [2.05, 4.69) is 0 Å². The topological polar surface area (TPSA) is 56.2 Å². The van der Waals surface area contributed by atoms with Crippen molar-refractivity contribution in [1.29, 1.82) is 0 Å². The fourth-order valence-electron chi connectivity index (χ4n) is 2.00. The Hall–Kier alpha value is -2.55. The van der Waals surface area contributed by atoms with Gasteiger partial charge in [-0.3, -0.25) is 4.79 Å². The summed E-state index contributed by atoms with van der Waals surface area (Å²) in [4.78, 5) is 11.3. The van der Waals surface area contributed by atoms with Gasteiger partial charge in [-0.1, -0.05) is 42.5 Å². The van der Waals surface area contributed by atoms with Crippen molar-refractivity contribution in [3.63, 3.8) is 0 Å². The standard InChI is InChI=1S/C15H11NO2/c16-15(17)12-8-4-7-11-9-13(18-14(11)12)10-5-2-1-3-6-10/h1-9H,(H2,16,17). The fraction of sp³-hybridized carbons (Fsp3) is 0. The number of carbonyl (C=O) groups excluding carboxylic acids is 1. The Morgan fingerprint density at radius 1 is 1.00 bits per heavy atom. The van der Waals surface area contributed by atoms with Crippen molar-refractivity contribution in [3.05, 3.63) is 60.2 Å². The van der Waals surface area contributed by atoms with Crippen LogP contribution < -0.4 is 5.73 Å². The summed E-state index contributed by atoms with van der Waals surface area (Å²) < 4.78 is 5.75. The van der Waals surface area contributed by atoms with Gasteiger partial charge >= 0.3 is 0 Å². The summed E-state index contributed by atoms with van der Waals surface area (Å²) in [6.45, 7) is 0. The first-order valence-electron chi connectivity index (χ1n) is 5.63. The van der Waals surface area contributed by atoms with Crippen LogP contribution in [0.5, 0.6) is 0 Å². The third kappa shape index (κ3) is 1.66. The molecule has 1 heterocycles. The van der Waals surface area contributed by atoms with Crippen LogP contribution in [0.3, 0.4) is 0 Å². The van der Waals surface area contributed by atoms with E-state index in [1.807, 2.05) is 42.5 Å². The molecule has 3 aromatic rings. The summed E-state index contributed by atoms with van der Waals surface area (Å²) in [5.74, 6) is 0.258. The molecular formula is C15H11NO2. The summed E-state index contributed by atoms with van der Waals surface area (Å²) >= 11 is 0. The molecule has 0 aliphatic carbocycles. The molecule has 0 aliphatic heterocycles. The van der Waals surface area contributed by atoms with Crippen molar-refractivity contribution in [2.75, 3.05) is 0 Å². The fourth-order valence-corrected chi connectivity index (χ4v) is 2.00. The number of primary amides is 1. The number of nitrogens with two attached hydrogens (primary N) is 1. The van der Waals surface area contributed by atoms with Gasteiger partial charge in [-0.25, -0.2) is 0 Å². The second kappa shape index (κ2) is 4.04. The number of fused-ring (bicyclic) bond motifs is 1. The number of furan rings is 1. The van der Waals surface area contributed by atoms with Crippen LogP contribution in [0.25, 0.3) is 22.3 Å². The molecule has 0 saturated carbocycles. The van der Waals surface area contributed by atoms with Crippen LogP contribution in [-0.2, 0) is 0 Å². The first kappa shape index (κ1) is 10.6. The van der Waals surface area contributed by atoms with E-state index < -0.39 is 5.91 Å². The zero-order valence-corrected chi connectivity index (χ0v) is 9.59. The van der Waals surface area contributed by atoms with E-state index in [0.717, 1.165) is 16.7 Å². The molecule has 0 atom stereocenters. The summed E-state index contributed by atoms with van der Waals surface area (Å²) in [5.41, 5.74) is 7.26. The first-order valence-corrected chi connectivity index (χ1v) is 5.63. The van der Waals surface area contributed by atoms with Crippen LogP contribution in [0, 0.1) is 0 Å². The van der Waals surface area contributed by atoms with Gasteiger partial charge < -0.3 is 10.2 Å². The molecule has 0 unspecified atom stereocenters. The third-order valence-electron chi connectivity index (χ3n) is 2.87. The average molecular weight is 237 g/mol. The molecule has 0 aliphatic rings. The van der Waals surface area contributed by atoms with Crippen LogP contribution in [0.15, 0.2) is 59.0 Å². The predicted molar refractivity (Wildman–Crippen MR) is 70.2 cm³/mol. The van der Waals surface area contributed by atoms with Gasteiger partial charge in [-0.15, -0.1) is 0 Å². The summed E-state index contributed by atoms with van der Waals surface area (Å²) in [5, 5.41) is 0.880. The zero-order chi connectivity index (χ0) is 12.5. The normalized spacial score (nSPS) is 10.7. The Kier molecular flexibility index (Phi) is 2.38. The molecule has 3 heteroatoms. The van der Waals surface area contributed by atoms with Crippen LogP contribution in [0.2, 0.25) is 0 Å². The second-order valence-electron chi connectivity index (χ2n) is 4.06. The van der Waals surface area contributed by atoms with Crippen molar-refractivity contribution in [3.8, 4) is 11.3 Å². The van der Waals surface area contributed by atoms with Crippen LogP contribution in [-0.4, -0.2) is 5.91 Å². The number of carbonyl (C=O) groups is 1. The van der Waals surface area contributed by atoms with Crippen molar-refractivity contribution < 1.29 is 9.21 Å². The molecule has 0 bridgehead atoms. The van der Waals surface area contributed by atoms with E-state index in [1.165, 1.54) is 0 Å². The molecule has 0 saturated heterocycles. The molecule has 0 fully saturated rings. The van der Waals surface area contributed by atoms with E-state index >= 15 is 0 Å². The van der Waals surface area contributed by atoms with Gasteiger partial charge in [0.1, 0.15) is 11.3 Å². The highest BCUT2D eigenvalue weighted by Crippen LogP contribution is 2.29. The minimum absolute atomic E-state index is 0.412. The maximum absolute atomic E-state index is 11.3. The lowest BCUT2D eigenvalue weighted by Gasteiger charge is -1.96. The first-order chi connectivity index (χ1) is 8.75. The van der Waals surface area contributed by atoms with Crippen molar-refractivity contribution in [2.45, 2.75) is 0 Å². The van der Waals surface area contributed by atoms with E-state index in [0.29, 0.717) is 11.1 Å². The predicted octanol–water partition coefficient (Wildman–Crippen LogP) is 3.20. The zero-order valence-electron chi connectivity index (χ0n) is 9.59. The van der Waals surface area contributed by atoms with Crippen molar-refractivity contribution >= 4 is 16.9 Å². The van der Waals surface area contributed by atoms with E-state index in [-0.39, 0.29) is 0 Å². The molecule has 88 valence electrons. The highest BCUT2D eigenvalue weighted by molar-refractivity contribution is 6.04. The highest BCUT2D eigenvalue weighted by atomic mass is 16.3. The molecule has 1 aromatic heterocycles. The minimum atomic E-state index is -0.477. The molecule has 1 amide bonds. The number of para-hydroxylation sites is 1. The Morgan fingerprint density at radius 3 is 2.50 bits per heavy atom. The van der Waals surface area contributed by atoms with E-state index in [4.69, 9.17) is 10.2 Å². The molecule has 0 radical (unpaired) electrons. The lowest BCUT2D eigenvalue weighted by molar-refractivity contribution is 0.100. The molecule has 2 N–H and O–H groups in total. The summed E-state index contributed by atoms with van der Waals surface area (Å²) in [7, 11) is 0. The Balaban J connectivity index is 2.23. The lowest BCUT2D eigenvalue weighted by atomic mass is 10.1. The smallest absolute Gasteiger partial charge is 0.252 e. The number of hydrogen-bond donors (Lipinski definition) is 1.